The minimum Gasteiger partial charge on any atom is -0.478 e. The minimum atomic E-state index is -3.81. The highest BCUT2D eigenvalue weighted by Gasteiger charge is 2.29. The van der Waals surface area contributed by atoms with Crippen molar-refractivity contribution in [1.29, 1.82) is 0 Å². The first-order valence-electron chi connectivity index (χ1n) is 10.8. The molecule has 3 rings (SSSR count). The average molecular weight is 460 g/mol. The first-order chi connectivity index (χ1) is 15.3. The number of benzene rings is 2. The number of aromatic carboxylic acids is 1. The molecule has 0 saturated carbocycles. The van der Waals surface area contributed by atoms with Crippen LogP contribution in [0.1, 0.15) is 53.8 Å². The number of carbonyl (C=O) groups excluding carboxylic acids is 1. The third kappa shape index (κ3) is 4.94. The number of nitrogens with one attached hydrogen (secondary N) is 1. The van der Waals surface area contributed by atoms with Crippen molar-refractivity contribution in [3.05, 3.63) is 53.6 Å². The highest BCUT2D eigenvalue weighted by Crippen LogP contribution is 2.31. The van der Waals surface area contributed by atoms with Gasteiger partial charge in [0.25, 0.3) is 5.91 Å². The fourth-order valence-electron chi connectivity index (χ4n) is 3.93. The molecule has 1 aliphatic rings. The van der Waals surface area contributed by atoms with Gasteiger partial charge < -0.3 is 15.3 Å². The number of hydrogen-bond donors (Lipinski definition) is 2. The van der Waals surface area contributed by atoms with Crippen LogP contribution in [0.25, 0.3) is 0 Å². The summed E-state index contributed by atoms with van der Waals surface area (Å²) in [7, 11) is -3.81. The molecular weight excluding hydrogens is 430 g/mol. The first-order valence-corrected chi connectivity index (χ1v) is 12.3. The van der Waals surface area contributed by atoms with E-state index in [-0.39, 0.29) is 21.7 Å². The molecule has 2 N–H and O–H groups in total. The number of para-hydroxylation sites is 1. The lowest BCUT2D eigenvalue weighted by atomic mass is 10.1. The van der Waals surface area contributed by atoms with Gasteiger partial charge in [-0.05, 0) is 49.6 Å². The lowest BCUT2D eigenvalue weighted by Gasteiger charge is -2.31. The molecule has 1 saturated heterocycles. The van der Waals surface area contributed by atoms with Gasteiger partial charge in [0, 0.05) is 31.7 Å². The van der Waals surface area contributed by atoms with Gasteiger partial charge in [0.15, 0.2) is 0 Å². The molecule has 0 unspecified atom stereocenters. The molecule has 172 valence electrons. The molecule has 0 radical (unpaired) electrons. The van der Waals surface area contributed by atoms with Crippen LogP contribution in [0.4, 0.5) is 11.4 Å². The number of rotatable bonds is 8. The maximum atomic E-state index is 13.4. The van der Waals surface area contributed by atoms with E-state index >= 15 is 0 Å². The quantitative estimate of drug-likeness (QED) is 0.624. The Bertz CT molecular complexity index is 1090. The van der Waals surface area contributed by atoms with Gasteiger partial charge in [0.05, 0.1) is 16.9 Å². The fraction of sp³-hybridized carbons (Fsp3) is 0.391. The monoisotopic (exact) mass is 459 g/mol. The molecule has 9 heteroatoms. The average Bonchev–Trinajstić information content (AvgIpc) is 2.80. The number of piperidine rings is 1. The second kappa shape index (κ2) is 10.1. The van der Waals surface area contributed by atoms with E-state index in [9.17, 15) is 23.1 Å². The van der Waals surface area contributed by atoms with E-state index in [1.165, 1.54) is 22.5 Å². The van der Waals surface area contributed by atoms with Crippen molar-refractivity contribution in [2.45, 2.75) is 38.0 Å². The van der Waals surface area contributed by atoms with Gasteiger partial charge in [-0.15, -0.1) is 0 Å². The summed E-state index contributed by atoms with van der Waals surface area (Å²) >= 11 is 0. The second-order valence-electron chi connectivity index (χ2n) is 7.62. The first kappa shape index (κ1) is 23.7. The summed E-state index contributed by atoms with van der Waals surface area (Å²) in [6.07, 6.45) is 3.08. The zero-order valence-electron chi connectivity index (χ0n) is 18.4. The Morgan fingerprint density at radius 3 is 2.31 bits per heavy atom. The lowest BCUT2D eigenvalue weighted by Crippen LogP contribution is -2.35. The Morgan fingerprint density at radius 1 is 1.03 bits per heavy atom. The number of sulfonamides is 1. The number of carbonyl (C=O) groups is 2. The number of hydrogen-bond acceptors (Lipinski definition) is 5. The molecule has 1 heterocycles. The van der Waals surface area contributed by atoms with E-state index < -0.39 is 21.9 Å². The third-order valence-electron chi connectivity index (χ3n) is 5.65. The summed E-state index contributed by atoms with van der Waals surface area (Å²) in [5.74, 6) is -1.73. The van der Waals surface area contributed by atoms with Crippen LogP contribution in [0.15, 0.2) is 47.4 Å². The Labute approximate surface area is 188 Å². The summed E-state index contributed by atoms with van der Waals surface area (Å²) in [6.45, 7) is 5.72. The van der Waals surface area contributed by atoms with Crippen molar-refractivity contribution in [3.63, 3.8) is 0 Å². The molecule has 32 heavy (non-hydrogen) atoms. The van der Waals surface area contributed by atoms with Gasteiger partial charge in [-0.2, -0.15) is 4.31 Å². The van der Waals surface area contributed by atoms with Crippen molar-refractivity contribution < 1.29 is 23.1 Å². The van der Waals surface area contributed by atoms with E-state index in [1.807, 2.05) is 0 Å². The number of carboxylic acids is 1. The summed E-state index contributed by atoms with van der Waals surface area (Å²) in [4.78, 5) is 26.5. The van der Waals surface area contributed by atoms with Gasteiger partial charge in [-0.3, -0.25) is 4.79 Å². The van der Waals surface area contributed by atoms with Crippen molar-refractivity contribution >= 4 is 33.3 Å². The van der Waals surface area contributed by atoms with Crippen LogP contribution in [-0.2, 0) is 10.0 Å². The number of anilines is 2. The molecule has 0 aromatic heterocycles. The molecule has 1 amide bonds. The van der Waals surface area contributed by atoms with Crippen LogP contribution in [0, 0.1) is 0 Å². The molecule has 8 nitrogen and oxygen atoms in total. The molecule has 1 fully saturated rings. The highest BCUT2D eigenvalue weighted by molar-refractivity contribution is 7.89. The molecule has 2 aromatic rings. The maximum absolute atomic E-state index is 13.4. The van der Waals surface area contributed by atoms with E-state index in [4.69, 9.17) is 0 Å². The largest absolute Gasteiger partial charge is 0.478 e. The SMILES string of the molecule is CCN(CC)S(=O)(=O)c1cc(C(=O)Nc2ccccc2C(=O)O)ccc1N1CCCCC1. The Morgan fingerprint density at radius 2 is 1.69 bits per heavy atom. The van der Waals surface area contributed by atoms with Crippen LogP contribution < -0.4 is 10.2 Å². The van der Waals surface area contributed by atoms with Gasteiger partial charge in [-0.1, -0.05) is 26.0 Å². The predicted octanol–water partition coefficient (Wildman–Crippen LogP) is 3.66. The van der Waals surface area contributed by atoms with E-state index in [0.717, 1.165) is 32.4 Å². The Balaban J connectivity index is 2.03. The second-order valence-corrected chi connectivity index (χ2v) is 9.53. The van der Waals surface area contributed by atoms with Gasteiger partial charge in [0.2, 0.25) is 10.0 Å². The van der Waals surface area contributed by atoms with Crippen molar-refractivity contribution in [3.8, 4) is 0 Å². The smallest absolute Gasteiger partial charge is 0.337 e. The topological polar surface area (TPSA) is 107 Å². The van der Waals surface area contributed by atoms with Gasteiger partial charge in [-0.25, -0.2) is 13.2 Å². The molecule has 0 bridgehead atoms. The molecule has 1 aliphatic heterocycles. The maximum Gasteiger partial charge on any atom is 0.337 e. The highest BCUT2D eigenvalue weighted by atomic mass is 32.2. The van der Waals surface area contributed by atoms with Crippen LogP contribution >= 0.6 is 0 Å². The summed E-state index contributed by atoms with van der Waals surface area (Å²) in [6, 6.07) is 10.8. The zero-order valence-corrected chi connectivity index (χ0v) is 19.2. The van der Waals surface area contributed by atoms with Crippen molar-refractivity contribution in [2.75, 3.05) is 36.4 Å². The van der Waals surface area contributed by atoms with Crippen LogP contribution in [0.2, 0.25) is 0 Å². The number of carboxylic acid groups (broad SMARTS) is 1. The Hall–Kier alpha value is -2.91. The summed E-state index contributed by atoms with van der Waals surface area (Å²) < 4.78 is 28.2. The Kier molecular flexibility index (Phi) is 7.52. The standard InChI is InChI=1S/C23H29N3O5S/c1-3-26(4-2)32(30,31)21-16-17(12-13-20(21)25-14-8-5-9-15-25)22(27)24-19-11-7-6-10-18(19)23(28)29/h6-7,10-13,16H,3-5,8-9,14-15H2,1-2H3,(H,24,27)(H,28,29). The van der Waals surface area contributed by atoms with Gasteiger partial charge >= 0.3 is 5.97 Å². The fourth-order valence-corrected chi connectivity index (χ4v) is 5.63. The minimum absolute atomic E-state index is 0.0400. The molecule has 2 aromatic carbocycles. The van der Waals surface area contributed by atoms with Crippen LogP contribution in [0.3, 0.4) is 0 Å². The summed E-state index contributed by atoms with van der Waals surface area (Å²) in [5, 5.41) is 12.0. The van der Waals surface area contributed by atoms with E-state index in [2.05, 4.69) is 10.2 Å². The molecule has 0 atom stereocenters. The van der Waals surface area contributed by atoms with Crippen LogP contribution in [0.5, 0.6) is 0 Å². The number of amides is 1. The van der Waals surface area contributed by atoms with Crippen molar-refractivity contribution in [2.24, 2.45) is 0 Å². The third-order valence-corrected chi connectivity index (χ3v) is 7.73. The summed E-state index contributed by atoms with van der Waals surface area (Å²) in [5.41, 5.74) is 0.857. The van der Waals surface area contributed by atoms with Crippen LogP contribution in [-0.4, -0.2) is 55.9 Å². The zero-order chi connectivity index (χ0) is 23.3. The van der Waals surface area contributed by atoms with Crippen molar-refractivity contribution in [1.82, 2.24) is 4.31 Å². The van der Waals surface area contributed by atoms with E-state index in [0.29, 0.717) is 18.8 Å². The normalized spacial score (nSPS) is 14.4. The number of nitrogens with zero attached hydrogens (tertiary/aromatic N) is 2. The molecule has 0 aliphatic carbocycles. The van der Waals surface area contributed by atoms with E-state index in [1.54, 1.807) is 38.1 Å². The van der Waals surface area contributed by atoms with Gasteiger partial charge in [0.1, 0.15) is 4.90 Å². The lowest BCUT2D eigenvalue weighted by molar-refractivity contribution is 0.0698. The predicted molar refractivity (Wildman–Crippen MR) is 124 cm³/mol. The molecular formula is C23H29N3O5S. The molecule has 0 spiro atoms.